The van der Waals surface area contributed by atoms with Crippen LogP contribution in [0.4, 0.5) is 0 Å². The molecule has 124 valence electrons. The molecular formula is C18H28O4. The molecule has 0 heterocycles. The zero-order valence-corrected chi connectivity index (χ0v) is 14.2. The van der Waals surface area contributed by atoms with Crippen LogP contribution in [0.2, 0.25) is 0 Å². The van der Waals surface area contributed by atoms with Gasteiger partial charge in [-0.25, -0.2) is 0 Å². The highest BCUT2D eigenvalue weighted by molar-refractivity contribution is 5.77. The summed E-state index contributed by atoms with van der Waals surface area (Å²) in [5.41, 5.74) is 0.153. The Morgan fingerprint density at radius 1 is 1.23 bits per heavy atom. The lowest BCUT2D eigenvalue weighted by molar-refractivity contribution is -0.161. The standard InChI is InChI=1S/C18H28O4/c1-6-18(5,16(21)22-12-11-19)13(2)17(3,4)14-7-9-15(20)10-8-14/h7-10,13,19-20H,6,11-12H2,1-5H3. The maximum absolute atomic E-state index is 12.5. The highest BCUT2D eigenvalue weighted by atomic mass is 16.5. The van der Waals surface area contributed by atoms with Crippen molar-refractivity contribution in [2.75, 3.05) is 13.2 Å². The number of phenolic OH excluding ortho intramolecular Hbond substituents is 1. The van der Waals surface area contributed by atoms with E-state index in [0.29, 0.717) is 6.42 Å². The molecule has 4 nitrogen and oxygen atoms in total. The van der Waals surface area contributed by atoms with Crippen LogP contribution in [0.5, 0.6) is 5.75 Å². The van der Waals surface area contributed by atoms with Crippen LogP contribution in [0, 0.1) is 11.3 Å². The summed E-state index contributed by atoms with van der Waals surface area (Å²) in [4.78, 5) is 12.5. The lowest BCUT2D eigenvalue weighted by atomic mass is 9.61. The normalized spacial score (nSPS) is 15.9. The molecule has 0 amide bonds. The van der Waals surface area contributed by atoms with Crippen molar-refractivity contribution in [3.8, 4) is 5.75 Å². The first-order chi connectivity index (χ1) is 10.2. The summed E-state index contributed by atoms with van der Waals surface area (Å²) in [5, 5.41) is 18.3. The molecule has 1 rings (SSSR count). The summed E-state index contributed by atoms with van der Waals surface area (Å²) in [6.45, 7) is 10.00. The molecular weight excluding hydrogens is 280 g/mol. The van der Waals surface area contributed by atoms with Gasteiger partial charge in [0.05, 0.1) is 12.0 Å². The van der Waals surface area contributed by atoms with Crippen molar-refractivity contribution in [3.63, 3.8) is 0 Å². The lowest BCUT2D eigenvalue weighted by Gasteiger charge is -2.43. The van der Waals surface area contributed by atoms with E-state index in [-0.39, 0.29) is 36.3 Å². The molecule has 0 fully saturated rings. The number of benzene rings is 1. The van der Waals surface area contributed by atoms with Gasteiger partial charge >= 0.3 is 5.97 Å². The quantitative estimate of drug-likeness (QED) is 0.759. The minimum Gasteiger partial charge on any atom is -0.508 e. The van der Waals surface area contributed by atoms with Gasteiger partial charge in [0.1, 0.15) is 12.4 Å². The fraction of sp³-hybridized carbons (Fsp3) is 0.611. The predicted molar refractivity (Wildman–Crippen MR) is 86.7 cm³/mol. The number of hydrogen-bond acceptors (Lipinski definition) is 4. The van der Waals surface area contributed by atoms with Gasteiger partial charge in [0.2, 0.25) is 0 Å². The number of aromatic hydroxyl groups is 1. The molecule has 22 heavy (non-hydrogen) atoms. The maximum atomic E-state index is 12.5. The second-order valence-electron chi connectivity index (χ2n) is 6.62. The van der Waals surface area contributed by atoms with E-state index >= 15 is 0 Å². The van der Waals surface area contributed by atoms with Gasteiger partial charge in [0, 0.05) is 0 Å². The van der Waals surface area contributed by atoms with Crippen molar-refractivity contribution in [1.29, 1.82) is 0 Å². The van der Waals surface area contributed by atoms with Crippen LogP contribution >= 0.6 is 0 Å². The number of carbonyl (C=O) groups is 1. The second kappa shape index (κ2) is 7.14. The first-order valence-electron chi connectivity index (χ1n) is 7.77. The zero-order valence-electron chi connectivity index (χ0n) is 14.2. The van der Waals surface area contributed by atoms with Crippen molar-refractivity contribution in [2.24, 2.45) is 11.3 Å². The van der Waals surface area contributed by atoms with Crippen LogP contribution in [0.15, 0.2) is 24.3 Å². The molecule has 0 aromatic heterocycles. The number of aliphatic hydroxyl groups is 1. The topological polar surface area (TPSA) is 66.8 Å². The third-order valence-corrected chi connectivity index (χ3v) is 5.17. The van der Waals surface area contributed by atoms with Gasteiger partial charge in [-0.15, -0.1) is 0 Å². The molecule has 1 aromatic rings. The molecule has 4 heteroatoms. The molecule has 0 aliphatic rings. The Bertz CT molecular complexity index is 492. The molecule has 0 saturated carbocycles. The molecule has 0 bridgehead atoms. The van der Waals surface area contributed by atoms with Crippen LogP contribution in [-0.4, -0.2) is 29.4 Å². The number of carbonyl (C=O) groups excluding carboxylic acids is 1. The van der Waals surface area contributed by atoms with E-state index in [1.54, 1.807) is 12.1 Å². The number of esters is 1. The summed E-state index contributed by atoms with van der Waals surface area (Å²) in [6.07, 6.45) is 0.653. The summed E-state index contributed by atoms with van der Waals surface area (Å²) >= 11 is 0. The Balaban J connectivity index is 3.09. The molecule has 2 unspecified atom stereocenters. The van der Waals surface area contributed by atoms with Crippen molar-refractivity contribution in [2.45, 2.75) is 46.5 Å². The van der Waals surface area contributed by atoms with Crippen LogP contribution in [0.3, 0.4) is 0 Å². The first kappa shape index (κ1) is 18.5. The largest absolute Gasteiger partial charge is 0.508 e. The molecule has 2 atom stereocenters. The predicted octanol–water partition coefficient (Wildman–Crippen LogP) is 3.26. The SMILES string of the molecule is CCC(C)(C(=O)OCCO)C(C)C(C)(C)c1ccc(O)cc1. The van der Waals surface area contributed by atoms with E-state index < -0.39 is 5.41 Å². The molecule has 0 spiro atoms. The minimum absolute atomic E-state index is 0.0146. The number of aliphatic hydroxyl groups excluding tert-OH is 1. The summed E-state index contributed by atoms with van der Waals surface area (Å²) < 4.78 is 5.19. The number of ether oxygens (including phenoxy) is 1. The Morgan fingerprint density at radius 2 is 1.77 bits per heavy atom. The molecule has 0 saturated heterocycles. The molecule has 0 aliphatic heterocycles. The van der Waals surface area contributed by atoms with Crippen LogP contribution < -0.4 is 0 Å². The Kier molecular flexibility index (Phi) is 6.00. The maximum Gasteiger partial charge on any atom is 0.312 e. The van der Waals surface area contributed by atoms with Gasteiger partial charge in [0.25, 0.3) is 0 Å². The van der Waals surface area contributed by atoms with E-state index in [4.69, 9.17) is 9.84 Å². The van der Waals surface area contributed by atoms with Gasteiger partial charge < -0.3 is 14.9 Å². The van der Waals surface area contributed by atoms with Crippen LogP contribution in [0.1, 0.15) is 46.6 Å². The first-order valence-corrected chi connectivity index (χ1v) is 7.77. The average Bonchev–Trinajstić information content (AvgIpc) is 2.51. The Hall–Kier alpha value is -1.55. The minimum atomic E-state index is -0.642. The van der Waals surface area contributed by atoms with Crippen LogP contribution in [0.25, 0.3) is 0 Å². The van der Waals surface area contributed by atoms with E-state index in [1.165, 1.54) is 0 Å². The third kappa shape index (κ3) is 3.61. The molecule has 0 radical (unpaired) electrons. The van der Waals surface area contributed by atoms with E-state index in [9.17, 15) is 9.90 Å². The van der Waals surface area contributed by atoms with Gasteiger partial charge in [-0.2, -0.15) is 0 Å². The van der Waals surface area contributed by atoms with Crippen molar-refractivity contribution in [1.82, 2.24) is 0 Å². The van der Waals surface area contributed by atoms with Gasteiger partial charge in [-0.3, -0.25) is 4.79 Å². The fourth-order valence-electron chi connectivity index (χ4n) is 2.87. The monoisotopic (exact) mass is 308 g/mol. The summed E-state index contributed by atoms with van der Waals surface area (Å²) in [5.74, 6) is -0.0306. The molecule has 2 N–H and O–H groups in total. The zero-order chi connectivity index (χ0) is 17.0. The lowest BCUT2D eigenvalue weighted by Crippen LogP contribution is -2.44. The van der Waals surface area contributed by atoms with Gasteiger partial charge in [0.15, 0.2) is 0 Å². The highest BCUT2D eigenvalue weighted by Gasteiger charge is 2.46. The van der Waals surface area contributed by atoms with E-state index in [0.717, 1.165) is 5.56 Å². The third-order valence-electron chi connectivity index (χ3n) is 5.17. The number of hydrogen-bond donors (Lipinski definition) is 2. The second-order valence-corrected chi connectivity index (χ2v) is 6.62. The van der Waals surface area contributed by atoms with Crippen molar-refractivity contribution in [3.05, 3.63) is 29.8 Å². The smallest absolute Gasteiger partial charge is 0.312 e. The van der Waals surface area contributed by atoms with Gasteiger partial charge in [-0.05, 0) is 42.4 Å². The van der Waals surface area contributed by atoms with Crippen LogP contribution in [-0.2, 0) is 14.9 Å². The Labute approximate surface area is 133 Å². The molecule has 0 aliphatic carbocycles. The molecule has 1 aromatic carbocycles. The highest BCUT2D eigenvalue weighted by Crippen LogP contribution is 2.45. The van der Waals surface area contributed by atoms with E-state index in [2.05, 4.69) is 20.8 Å². The van der Waals surface area contributed by atoms with E-state index in [1.807, 2.05) is 26.0 Å². The summed E-state index contributed by atoms with van der Waals surface area (Å²) in [7, 11) is 0. The summed E-state index contributed by atoms with van der Waals surface area (Å²) in [6, 6.07) is 7.11. The number of rotatable bonds is 7. The van der Waals surface area contributed by atoms with Crippen molar-refractivity contribution < 1.29 is 19.7 Å². The fourth-order valence-corrected chi connectivity index (χ4v) is 2.87. The van der Waals surface area contributed by atoms with Crippen molar-refractivity contribution >= 4 is 5.97 Å². The average molecular weight is 308 g/mol. The Morgan fingerprint density at radius 3 is 2.23 bits per heavy atom. The number of phenols is 1. The van der Waals surface area contributed by atoms with Gasteiger partial charge in [-0.1, -0.05) is 39.8 Å².